The first kappa shape index (κ1) is 9.48. The zero-order valence-electron chi connectivity index (χ0n) is 4.23. The van der Waals surface area contributed by atoms with Crippen LogP contribution in [0, 0.1) is 0 Å². The first-order valence-corrected chi connectivity index (χ1v) is 1.51. The average Bonchev–Trinajstić information content (AvgIpc) is 1.36. The van der Waals surface area contributed by atoms with Crippen molar-refractivity contribution in [3.8, 4) is 0 Å². The van der Waals surface area contributed by atoms with Crippen LogP contribution in [0.15, 0.2) is 12.2 Å². The monoisotopic (exact) mass is 102 g/mol. The van der Waals surface area contributed by atoms with E-state index < -0.39 is 5.97 Å². The van der Waals surface area contributed by atoms with Crippen molar-refractivity contribution in [2.75, 3.05) is 0 Å². The van der Waals surface area contributed by atoms with Gasteiger partial charge in [0.1, 0.15) is 0 Å². The van der Waals surface area contributed by atoms with Gasteiger partial charge in [-0.3, -0.25) is 0 Å². The molecule has 42 valence electrons. The van der Waals surface area contributed by atoms with Gasteiger partial charge < -0.3 is 16.1 Å². The van der Waals surface area contributed by atoms with E-state index in [2.05, 4.69) is 6.58 Å². The third-order valence-electron chi connectivity index (χ3n) is 0.348. The molecule has 0 aliphatic carbocycles. The first-order valence-electron chi connectivity index (χ1n) is 1.51. The highest BCUT2D eigenvalue weighted by Crippen LogP contribution is 1.77. The maximum atomic E-state index is 9.49. The number of hydrogen-bond donors (Lipinski definition) is 1. The Balaban J connectivity index is 0. The Bertz CT molecular complexity index is 75.7. The maximum Gasteiger partial charge on any atom is 0.0666 e. The molecule has 3 N–H and O–H groups in total. The lowest BCUT2D eigenvalue weighted by atomic mass is 10.4. The molecule has 7 heavy (non-hydrogen) atoms. The SMILES string of the molecule is C=C(C)C(=O)[O-].N. The number of hydrogen-bond acceptors (Lipinski definition) is 3. The Morgan fingerprint density at radius 2 is 1.86 bits per heavy atom. The predicted molar refractivity (Wildman–Crippen MR) is 24.8 cm³/mol. The second-order valence-electron chi connectivity index (χ2n) is 1.07. The molecule has 0 atom stereocenters. The van der Waals surface area contributed by atoms with Crippen LogP contribution in [-0.2, 0) is 4.79 Å². The molecule has 0 aliphatic rings. The van der Waals surface area contributed by atoms with Crippen molar-refractivity contribution in [2.45, 2.75) is 6.92 Å². The minimum atomic E-state index is -1.19. The smallest absolute Gasteiger partial charge is 0.0666 e. The summed E-state index contributed by atoms with van der Waals surface area (Å²) in [6, 6.07) is 0. The summed E-state index contributed by atoms with van der Waals surface area (Å²) in [4.78, 5) is 9.49. The molecule has 0 heterocycles. The van der Waals surface area contributed by atoms with Crippen LogP contribution in [0.5, 0.6) is 0 Å². The van der Waals surface area contributed by atoms with Gasteiger partial charge in [0, 0.05) is 0 Å². The lowest BCUT2D eigenvalue weighted by molar-refractivity contribution is -0.299. The highest BCUT2D eigenvalue weighted by Gasteiger charge is 1.76. The quantitative estimate of drug-likeness (QED) is 0.452. The number of carbonyl (C=O) groups excluding carboxylic acids is 1. The van der Waals surface area contributed by atoms with Crippen LogP contribution in [0.2, 0.25) is 0 Å². The second-order valence-corrected chi connectivity index (χ2v) is 1.07. The second kappa shape index (κ2) is 3.36. The van der Waals surface area contributed by atoms with Crippen molar-refractivity contribution in [1.29, 1.82) is 0 Å². The Morgan fingerprint density at radius 1 is 1.71 bits per heavy atom. The van der Waals surface area contributed by atoms with Crippen molar-refractivity contribution in [2.24, 2.45) is 0 Å². The van der Waals surface area contributed by atoms with E-state index in [0.29, 0.717) is 0 Å². The molecule has 0 amide bonds. The van der Waals surface area contributed by atoms with Gasteiger partial charge in [-0.05, 0) is 12.5 Å². The number of aliphatic carboxylic acids is 1. The fourth-order valence-electron chi connectivity index (χ4n) is 0. The van der Waals surface area contributed by atoms with Gasteiger partial charge in [0.2, 0.25) is 0 Å². The third kappa shape index (κ3) is 5.17. The molecule has 0 bridgehead atoms. The normalized spacial score (nSPS) is 6.43. The highest BCUT2D eigenvalue weighted by molar-refractivity contribution is 5.82. The van der Waals surface area contributed by atoms with E-state index in [1.54, 1.807) is 0 Å². The van der Waals surface area contributed by atoms with E-state index in [1.807, 2.05) is 0 Å². The molecule has 0 rings (SSSR count). The molecule has 0 radical (unpaired) electrons. The minimum absolute atomic E-state index is 0. The van der Waals surface area contributed by atoms with Crippen LogP contribution in [0.3, 0.4) is 0 Å². The van der Waals surface area contributed by atoms with E-state index in [9.17, 15) is 9.90 Å². The van der Waals surface area contributed by atoms with Crippen molar-refractivity contribution < 1.29 is 9.90 Å². The number of carbonyl (C=O) groups is 1. The van der Waals surface area contributed by atoms with E-state index in [1.165, 1.54) is 6.92 Å². The number of carboxylic acids is 1. The van der Waals surface area contributed by atoms with Gasteiger partial charge in [0.05, 0.1) is 5.97 Å². The standard InChI is InChI=1S/C4H6O2.H3N/c1-3(2)4(5)6;/h1H2,2H3,(H,5,6);1H3/p-1. The molecule has 0 aromatic heterocycles. The largest absolute Gasteiger partial charge is 0.545 e. The van der Waals surface area contributed by atoms with E-state index in [0.717, 1.165) is 0 Å². The first-order chi connectivity index (χ1) is 2.64. The molecule has 0 saturated heterocycles. The Labute approximate surface area is 42.2 Å². The van der Waals surface area contributed by atoms with Crippen LogP contribution in [0.25, 0.3) is 0 Å². The fourth-order valence-corrected chi connectivity index (χ4v) is 0. The minimum Gasteiger partial charge on any atom is -0.545 e. The van der Waals surface area contributed by atoms with Crippen LogP contribution < -0.4 is 11.3 Å². The summed E-state index contributed by atoms with van der Waals surface area (Å²) in [5.74, 6) is -1.19. The lowest BCUT2D eigenvalue weighted by Crippen LogP contribution is -2.22. The molecule has 3 heteroatoms. The van der Waals surface area contributed by atoms with Crippen LogP contribution >= 0.6 is 0 Å². The van der Waals surface area contributed by atoms with Crippen LogP contribution in [0.1, 0.15) is 6.92 Å². The van der Waals surface area contributed by atoms with Gasteiger partial charge in [-0.15, -0.1) is 0 Å². The summed E-state index contributed by atoms with van der Waals surface area (Å²) in [5.41, 5.74) is 0.0648. The molecule has 3 nitrogen and oxygen atoms in total. The molecular weight excluding hydrogens is 94.0 g/mol. The van der Waals surface area contributed by atoms with Crippen molar-refractivity contribution in [1.82, 2.24) is 6.15 Å². The summed E-state index contributed by atoms with van der Waals surface area (Å²) in [5, 5.41) is 9.49. The molecule has 0 spiro atoms. The van der Waals surface area contributed by atoms with Gasteiger partial charge in [-0.1, -0.05) is 6.58 Å². The molecule has 0 unspecified atom stereocenters. The highest BCUT2D eigenvalue weighted by atomic mass is 16.4. The van der Waals surface area contributed by atoms with Crippen molar-refractivity contribution >= 4 is 5.97 Å². The number of rotatable bonds is 1. The maximum absolute atomic E-state index is 9.49. The molecule has 0 aliphatic heterocycles. The molecule has 0 fully saturated rings. The lowest BCUT2D eigenvalue weighted by Gasteiger charge is -1.93. The van der Waals surface area contributed by atoms with Gasteiger partial charge in [-0.25, -0.2) is 0 Å². The van der Waals surface area contributed by atoms with Gasteiger partial charge in [0.15, 0.2) is 0 Å². The third-order valence-corrected chi connectivity index (χ3v) is 0.348. The Hall–Kier alpha value is -0.830. The van der Waals surface area contributed by atoms with Crippen molar-refractivity contribution in [3.05, 3.63) is 12.2 Å². The Morgan fingerprint density at radius 3 is 1.86 bits per heavy atom. The molecule has 0 aromatic carbocycles. The Kier molecular flexibility index (Phi) is 4.56. The molecule has 0 aromatic rings. The fraction of sp³-hybridized carbons (Fsp3) is 0.250. The van der Waals surface area contributed by atoms with Crippen LogP contribution in [-0.4, -0.2) is 5.97 Å². The summed E-state index contributed by atoms with van der Waals surface area (Å²) in [6.45, 7) is 4.48. The molecule has 0 saturated carbocycles. The zero-order valence-corrected chi connectivity index (χ0v) is 4.23. The average molecular weight is 102 g/mol. The summed E-state index contributed by atoms with van der Waals surface area (Å²) < 4.78 is 0. The van der Waals surface area contributed by atoms with Gasteiger partial charge in [-0.2, -0.15) is 0 Å². The van der Waals surface area contributed by atoms with Gasteiger partial charge >= 0.3 is 0 Å². The van der Waals surface area contributed by atoms with Gasteiger partial charge in [0.25, 0.3) is 0 Å². The zero-order chi connectivity index (χ0) is 5.15. The van der Waals surface area contributed by atoms with E-state index in [-0.39, 0.29) is 11.7 Å². The van der Waals surface area contributed by atoms with Crippen LogP contribution in [0.4, 0.5) is 0 Å². The molecular formula is C4H8NO2-. The summed E-state index contributed by atoms with van der Waals surface area (Å²) in [6.07, 6.45) is 0. The van der Waals surface area contributed by atoms with Crippen molar-refractivity contribution in [3.63, 3.8) is 0 Å². The summed E-state index contributed by atoms with van der Waals surface area (Å²) in [7, 11) is 0. The van der Waals surface area contributed by atoms with E-state index >= 15 is 0 Å². The number of carboxylic acid groups (broad SMARTS) is 1. The predicted octanol–water partition coefficient (Wildman–Crippen LogP) is -0.526. The van der Waals surface area contributed by atoms with E-state index in [4.69, 9.17) is 0 Å². The topological polar surface area (TPSA) is 75.1 Å². The summed E-state index contributed by atoms with van der Waals surface area (Å²) >= 11 is 0.